The van der Waals surface area contributed by atoms with Crippen molar-refractivity contribution in [3.8, 4) is 0 Å². The van der Waals surface area contributed by atoms with Gasteiger partial charge in [-0.15, -0.1) is 0 Å². The monoisotopic (exact) mass is 413 g/mol. The van der Waals surface area contributed by atoms with E-state index in [0.29, 0.717) is 16.1 Å². The molecule has 1 atom stereocenters. The molecule has 0 fully saturated rings. The molecular formula is C22H18F3N3S. The molecule has 0 amide bonds. The minimum absolute atomic E-state index is 0.113. The number of fused-ring (bicyclic) bond motifs is 1. The number of hydrogen-bond donors (Lipinski definition) is 2. The molecule has 0 saturated heterocycles. The Hall–Kier alpha value is -2.93. The van der Waals surface area contributed by atoms with Gasteiger partial charge in [-0.05, 0) is 37.3 Å². The summed E-state index contributed by atoms with van der Waals surface area (Å²) in [6.07, 6.45) is -0.664. The maximum Gasteiger partial charge on any atom is 0.419 e. The third-order valence-electron chi connectivity index (χ3n) is 4.82. The average Bonchev–Trinajstić information content (AvgIpc) is 2.69. The molecule has 4 rings (SSSR count). The molecule has 7 heteroatoms. The van der Waals surface area contributed by atoms with Crippen LogP contribution in [0.15, 0.2) is 76.7 Å². The first kappa shape index (κ1) is 19.4. The van der Waals surface area contributed by atoms with E-state index in [9.17, 15) is 13.2 Å². The van der Waals surface area contributed by atoms with Crippen molar-refractivity contribution in [3.05, 3.63) is 83.6 Å². The Kier molecular flexibility index (Phi) is 4.78. The van der Waals surface area contributed by atoms with E-state index in [0.717, 1.165) is 16.5 Å². The van der Waals surface area contributed by atoms with E-state index in [1.54, 1.807) is 25.1 Å². The number of hydrogen-bond acceptors (Lipinski definition) is 4. The lowest BCUT2D eigenvalue weighted by molar-refractivity contribution is -0.168. The third-order valence-corrected chi connectivity index (χ3v) is 5.90. The lowest BCUT2D eigenvalue weighted by Crippen LogP contribution is -2.49. The molecule has 1 aliphatic heterocycles. The Bertz CT molecular complexity index is 1080. The summed E-state index contributed by atoms with van der Waals surface area (Å²) < 4.78 is 43.6. The number of rotatable bonds is 3. The predicted molar refractivity (Wildman–Crippen MR) is 111 cm³/mol. The van der Waals surface area contributed by atoms with Crippen molar-refractivity contribution in [1.82, 2.24) is 4.98 Å². The van der Waals surface area contributed by atoms with Crippen LogP contribution in [0.5, 0.6) is 0 Å². The van der Waals surface area contributed by atoms with Crippen LogP contribution < -0.4 is 11.1 Å². The Labute approximate surface area is 170 Å². The molecule has 1 aliphatic rings. The van der Waals surface area contributed by atoms with Gasteiger partial charge >= 0.3 is 6.18 Å². The Balaban J connectivity index is 1.89. The number of halogens is 3. The van der Waals surface area contributed by atoms with E-state index in [4.69, 9.17) is 5.73 Å². The summed E-state index contributed by atoms with van der Waals surface area (Å²) in [5, 5.41) is 2.64. The minimum atomic E-state index is -4.60. The summed E-state index contributed by atoms with van der Waals surface area (Å²) in [6, 6.07) is 16.0. The van der Waals surface area contributed by atoms with Crippen molar-refractivity contribution in [2.24, 2.45) is 0 Å². The normalized spacial score (nSPS) is 18.2. The van der Waals surface area contributed by atoms with Crippen molar-refractivity contribution < 1.29 is 13.2 Å². The number of nitrogen functional groups attached to an aromatic ring is 1. The van der Waals surface area contributed by atoms with Crippen LogP contribution in [0.25, 0.3) is 6.08 Å². The molecule has 3 nitrogen and oxygen atoms in total. The topological polar surface area (TPSA) is 50.9 Å². The van der Waals surface area contributed by atoms with Crippen molar-refractivity contribution >= 4 is 29.3 Å². The lowest BCUT2D eigenvalue weighted by Gasteiger charge is -2.39. The number of pyridine rings is 1. The second kappa shape index (κ2) is 7.15. The van der Waals surface area contributed by atoms with Gasteiger partial charge in [-0.25, -0.2) is 4.98 Å². The fraction of sp³-hybridized carbons (Fsp3) is 0.136. The van der Waals surface area contributed by atoms with Crippen LogP contribution in [0.1, 0.15) is 16.7 Å². The van der Waals surface area contributed by atoms with Gasteiger partial charge in [0.05, 0.1) is 0 Å². The van der Waals surface area contributed by atoms with E-state index in [-0.39, 0.29) is 11.4 Å². The molecule has 0 spiro atoms. The van der Waals surface area contributed by atoms with Gasteiger partial charge in [0.25, 0.3) is 0 Å². The van der Waals surface area contributed by atoms with Gasteiger partial charge in [0.1, 0.15) is 5.82 Å². The maximum absolute atomic E-state index is 14.5. The minimum Gasteiger partial charge on any atom is -0.398 e. The molecule has 2 heterocycles. The van der Waals surface area contributed by atoms with Crippen LogP contribution in [0.2, 0.25) is 0 Å². The summed E-state index contributed by atoms with van der Waals surface area (Å²) in [5.41, 5.74) is 5.20. The zero-order valence-electron chi connectivity index (χ0n) is 15.5. The molecule has 1 aromatic heterocycles. The number of benzene rings is 2. The Morgan fingerprint density at radius 2 is 1.83 bits per heavy atom. The van der Waals surface area contributed by atoms with E-state index < -0.39 is 11.7 Å². The first-order valence-corrected chi connectivity index (χ1v) is 9.74. The molecule has 0 saturated carbocycles. The van der Waals surface area contributed by atoms with Crippen LogP contribution in [-0.4, -0.2) is 11.2 Å². The number of nitrogens with zero attached hydrogens (tertiary/aromatic N) is 1. The second-order valence-corrected chi connectivity index (χ2v) is 7.96. The second-order valence-electron chi connectivity index (χ2n) is 6.84. The summed E-state index contributed by atoms with van der Waals surface area (Å²) in [4.78, 5) is 5.48. The summed E-state index contributed by atoms with van der Waals surface area (Å²) in [5.74, 6) is 0.113. The lowest BCUT2D eigenvalue weighted by atomic mass is 9.84. The van der Waals surface area contributed by atoms with Crippen LogP contribution >= 0.6 is 11.8 Å². The molecule has 0 aliphatic carbocycles. The summed E-state index contributed by atoms with van der Waals surface area (Å²) >= 11 is 1.30. The average molecular weight is 413 g/mol. The smallest absolute Gasteiger partial charge is 0.398 e. The van der Waals surface area contributed by atoms with Gasteiger partial charge in [0, 0.05) is 32.8 Å². The molecule has 3 aromatic rings. The van der Waals surface area contributed by atoms with E-state index in [1.165, 1.54) is 24.0 Å². The number of alkyl halides is 3. The number of nitrogens with one attached hydrogen (secondary N) is 1. The van der Waals surface area contributed by atoms with E-state index in [2.05, 4.69) is 10.3 Å². The molecule has 3 N–H and O–H groups in total. The SMILES string of the molecule is Cc1ccc(Sc2ccccc2)c(C2(C(F)(F)F)C=Cc3c(N)ccnc3N2)c1. The number of aryl methyl sites for hydroxylation is 1. The Morgan fingerprint density at radius 1 is 1.07 bits per heavy atom. The zero-order chi connectivity index (χ0) is 20.6. The van der Waals surface area contributed by atoms with Crippen LogP contribution in [0, 0.1) is 6.92 Å². The molecule has 2 aromatic carbocycles. The number of aromatic nitrogens is 1. The molecular weight excluding hydrogens is 395 g/mol. The van der Waals surface area contributed by atoms with Crippen LogP contribution in [0.3, 0.4) is 0 Å². The first-order chi connectivity index (χ1) is 13.8. The van der Waals surface area contributed by atoms with Crippen molar-refractivity contribution in [3.63, 3.8) is 0 Å². The fourth-order valence-corrected chi connectivity index (χ4v) is 4.34. The first-order valence-electron chi connectivity index (χ1n) is 8.93. The highest BCUT2D eigenvalue weighted by molar-refractivity contribution is 7.99. The van der Waals surface area contributed by atoms with Gasteiger partial charge in [-0.2, -0.15) is 13.2 Å². The largest absolute Gasteiger partial charge is 0.419 e. The van der Waals surface area contributed by atoms with Crippen LogP contribution in [0.4, 0.5) is 24.7 Å². The van der Waals surface area contributed by atoms with E-state index in [1.807, 2.05) is 36.4 Å². The van der Waals surface area contributed by atoms with Gasteiger partial charge in [0.2, 0.25) is 0 Å². The van der Waals surface area contributed by atoms with Crippen molar-refractivity contribution in [2.45, 2.75) is 28.4 Å². The number of anilines is 2. The molecule has 1 unspecified atom stereocenters. The van der Waals surface area contributed by atoms with Crippen molar-refractivity contribution in [1.29, 1.82) is 0 Å². The fourth-order valence-electron chi connectivity index (χ4n) is 3.33. The quantitative estimate of drug-likeness (QED) is 0.551. The van der Waals surface area contributed by atoms with Gasteiger partial charge in [-0.3, -0.25) is 0 Å². The standard InChI is InChI=1S/C22H18F3N3S/c1-14-7-8-19(29-15-5-3-2-4-6-15)17(13-14)21(22(23,24)25)11-9-16-18(26)10-12-27-20(16)28-21/h2-13H,1H3,(H3,26,27,28). The zero-order valence-corrected chi connectivity index (χ0v) is 16.3. The summed E-state index contributed by atoms with van der Waals surface area (Å²) in [7, 11) is 0. The highest BCUT2D eigenvalue weighted by Gasteiger charge is 2.57. The van der Waals surface area contributed by atoms with Gasteiger partial charge in [-0.1, -0.05) is 53.7 Å². The Morgan fingerprint density at radius 3 is 2.55 bits per heavy atom. The van der Waals surface area contributed by atoms with Gasteiger partial charge in [0.15, 0.2) is 5.54 Å². The predicted octanol–water partition coefficient (Wildman–Crippen LogP) is 6.02. The highest BCUT2D eigenvalue weighted by Crippen LogP contribution is 2.50. The molecule has 0 bridgehead atoms. The molecule has 29 heavy (non-hydrogen) atoms. The maximum atomic E-state index is 14.5. The number of nitrogens with two attached hydrogens (primary N) is 1. The highest BCUT2D eigenvalue weighted by atomic mass is 32.2. The van der Waals surface area contributed by atoms with Crippen molar-refractivity contribution in [2.75, 3.05) is 11.1 Å². The molecule has 0 radical (unpaired) electrons. The third kappa shape index (κ3) is 3.46. The van der Waals surface area contributed by atoms with E-state index >= 15 is 0 Å². The van der Waals surface area contributed by atoms with Gasteiger partial charge < -0.3 is 11.1 Å². The molecule has 148 valence electrons. The van der Waals surface area contributed by atoms with Crippen LogP contribution in [-0.2, 0) is 5.54 Å². The summed E-state index contributed by atoms with van der Waals surface area (Å²) in [6.45, 7) is 1.78.